The van der Waals surface area contributed by atoms with Gasteiger partial charge in [-0.2, -0.15) is 0 Å². The highest BCUT2D eigenvalue weighted by molar-refractivity contribution is 6.32. The highest BCUT2D eigenvalue weighted by Crippen LogP contribution is 2.28. The van der Waals surface area contributed by atoms with Crippen LogP contribution in [-0.2, 0) is 0 Å². The number of rotatable bonds is 1. The molecule has 2 nitrogen and oxygen atoms in total. The van der Waals surface area contributed by atoms with E-state index in [1.54, 1.807) is 6.07 Å². The third-order valence-corrected chi connectivity index (χ3v) is 3.23. The molecule has 1 N–H and O–H groups in total. The van der Waals surface area contributed by atoms with Gasteiger partial charge >= 0.3 is 5.97 Å². The highest BCUT2D eigenvalue weighted by Gasteiger charge is 2.10. The Bertz CT molecular complexity index is 778. The summed E-state index contributed by atoms with van der Waals surface area (Å²) in [5, 5.41) is 13.3. The van der Waals surface area contributed by atoms with Crippen molar-refractivity contribution < 1.29 is 9.90 Å². The maximum atomic E-state index is 11.2. The van der Waals surface area contributed by atoms with Gasteiger partial charge in [0.15, 0.2) is 0 Å². The van der Waals surface area contributed by atoms with Crippen molar-refractivity contribution in [3.8, 4) is 0 Å². The Morgan fingerprint density at radius 3 is 2.28 bits per heavy atom. The zero-order chi connectivity index (χ0) is 12.7. The van der Waals surface area contributed by atoms with E-state index in [1.807, 2.05) is 36.4 Å². The Morgan fingerprint density at radius 1 is 0.944 bits per heavy atom. The van der Waals surface area contributed by atoms with Crippen molar-refractivity contribution in [2.45, 2.75) is 0 Å². The van der Waals surface area contributed by atoms with E-state index < -0.39 is 5.97 Å². The van der Waals surface area contributed by atoms with Crippen molar-refractivity contribution >= 4 is 39.1 Å². The van der Waals surface area contributed by atoms with Crippen molar-refractivity contribution in [3.05, 3.63) is 59.1 Å². The van der Waals surface area contributed by atoms with Gasteiger partial charge in [0.1, 0.15) is 0 Å². The fourth-order valence-corrected chi connectivity index (χ4v) is 2.42. The lowest BCUT2D eigenvalue weighted by Gasteiger charge is -2.06. The summed E-state index contributed by atoms with van der Waals surface area (Å²) in [4.78, 5) is 11.2. The van der Waals surface area contributed by atoms with E-state index in [-0.39, 0.29) is 5.56 Å². The van der Waals surface area contributed by atoms with Gasteiger partial charge in [-0.3, -0.25) is 0 Å². The lowest BCUT2D eigenvalue weighted by molar-refractivity contribution is 0.0699. The van der Waals surface area contributed by atoms with Gasteiger partial charge < -0.3 is 5.11 Å². The smallest absolute Gasteiger partial charge is 0.336 e. The zero-order valence-electron chi connectivity index (χ0n) is 9.35. The summed E-state index contributed by atoms with van der Waals surface area (Å²) in [6.45, 7) is 0. The zero-order valence-corrected chi connectivity index (χ0v) is 10.1. The quantitative estimate of drug-likeness (QED) is 0.658. The second kappa shape index (κ2) is 4.00. The average Bonchev–Trinajstić information content (AvgIpc) is 2.35. The van der Waals surface area contributed by atoms with Crippen molar-refractivity contribution in [1.29, 1.82) is 0 Å². The monoisotopic (exact) mass is 256 g/mol. The molecule has 0 aromatic heterocycles. The molecule has 0 aliphatic rings. The molecule has 0 bridgehead atoms. The molecule has 0 unspecified atom stereocenters. The van der Waals surface area contributed by atoms with Crippen LogP contribution in [0.1, 0.15) is 10.4 Å². The van der Waals surface area contributed by atoms with E-state index >= 15 is 0 Å². The maximum Gasteiger partial charge on any atom is 0.336 e. The lowest BCUT2D eigenvalue weighted by atomic mass is 10.00. The van der Waals surface area contributed by atoms with Gasteiger partial charge in [0, 0.05) is 5.02 Å². The number of fused-ring (bicyclic) bond motifs is 2. The van der Waals surface area contributed by atoms with Gasteiger partial charge in [0.2, 0.25) is 0 Å². The summed E-state index contributed by atoms with van der Waals surface area (Å²) in [5.74, 6) is -0.960. The third-order valence-electron chi connectivity index (χ3n) is 3.01. The molecule has 0 aliphatic heterocycles. The van der Waals surface area contributed by atoms with Gasteiger partial charge in [0.25, 0.3) is 0 Å². The number of hydrogen-bond donors (Lipinski definition) is 1. The SMILES string of the molecule is O=C(O)c1cc(Cl)cc2cc3ccccc3cc12. The normalized spacial score (nSPS) is 10.9. The number of carboxylic acid groups (broad SMARTS) is 1. The molecular formula is C15H9ClO2. The van der Waals surface area contributed by atoms with E-state index in [1.165, 1.54) is 6.07 Å². The first-order valence-electron chi connectivity index (χ1n) is 5.50. The summed E-state index contributed by atoms with van der Waals surface area (Å²) in [5.41, 5.74) is 0.239. The number of hydrogen-bond acceptors (Lipinski definition) is 1. The van der Waals surface area contributed by atoms with Crippen molar-refractivity contribution in [1.82, 2.24) is 0 Å². The standard InChI is InChI=1S/C15H9ClO2/c16-12-6-11-5-9-3-1-2-4-10(9)7-13(11)14(8-12)15(17)18/h1-8H,(H,17,18). The molecule has 0 heterocycles. The highest BCUT2D eigenvalue weighted by atomic mass is 35.5. The summed E-state index contributed by atoms with van der Waals surface area (Å²) in [7, 11) is 0. The molecule has 3 aromatic rings. The van der Waals surface area contributed by atoms with Gasteiger partial charge in [-0.25, -0.2) is 4.79 Å². The second-order valence-electron chi connectivity index (χ2n) is 4.18. The Morgan fingerprint density at radius 2 is 1.61 bits per heavy atom. The second-order valence-corrected chi connectivity index (χ2v) is 4.62. The predicted molar refractivity (Wildman–Crippen MR) is 73.4 cm³/mol. The van der Waals surface area contributed by atoms with E-state index in [4.69, 9.17) is 11.6 Å². The number of benzene rings is 3. The van der Waals surface area contributed by atoms with Crippen LogP contribution < -0.4 is 0 Å². The molecule has 0 spiro atoms. The van der Waals surface area contributed by atoms with E-state index in [2.05, 4.69) is 0 Å². The first kappa shape index (κ1) is 11.1. The Kier molecular flexibility index (Phi) is 2.46. The van der Waals surface area contributed by atoms with Gasteiger partial charge in [-0.15, -0.1) is 0 Å². The van der Waals surface area contributed by atoms with Crippen LogP contribution in [-0.4, -0.2) is 11.1 Å². The first-order valence-corrected chi connectivity index (χ1v) is 5.88. The van der Waals surface area contributed by atoms with Crippen LogP contribution in [0, 0.1) is 0 Å². The molecule has 3 heteroatoms. The molecule has 18 heavy (non-hydrogen) atoms. The van der Waals surface area contributed by atoms with Crippen LogP contribution in [0.5, 0.6) is 0 Å². The van der Waals surface area contributed by atoms with Gasteiger partial charge in [-0.1, -0.05) is 35.9 Å². The van der Waals surface area contributed by atoms with Crippen LogP contribution >= 0.6 is 11.6 Å². The number of aromatic carboxylic acids is 1. The van der Waals surface area contributed by atoms with Gasteiger partial charge in [0.05, 0.1) is 5.56 Å². The predicted octanol–water partition coefficient (Wildman–Crippen LogP) is 4.34. The summed E-state index contributed by atoms with van der Waals surface area (Å²) in [6, 6.07) is 15.0. The van der Waals surface area contributed by atoms with Gasteiger partial charge in [-0.05, 0) is 45.8 Å². The minimum Gasteiger partial charge on any atom is -0.478 e. The van der Waals surface area contributed by atoms with Crippen LogP contribution in [0.2, 0.25) is 5.02 Å². The molecule has 0 saturated carbocycles. The molecule has 0 saturated heterocycles. The van der Waals surface area contributed by atoms with E-state index in [0.717, 1.165) is 16.2 Å². The van der Waals surface area contributed by atoms with Crippen LogP contribution in [0.3, 0.4) is 0 Å². The largest absolute Gasteiger partial charge is 0.478 e. The average molecular weight is 257 g/mol. The molecule has 0 amide bonds. The fraction of sp³-hybridized carbons (Fsp3) is 0. The van der Waals surface area contributed by atoms with Crippen LogP contribution in [0.25, 0.3) is 21.5 Å². The lowest BCUT2D eigenvalue weighted by Crippen LogP contribution is -1.97. The number of carbonyl (C=O) groups is 1. The molecule has 88 valence electrons. The molecule has 3 aromatic carbocycles. The Hall–Kier alpha value is -2.06. The van der Waals surface area contributed by atoms with E-state index in [9.17, 15) is 9.90 Å². The molecule has 0 atom stereocenters. The summed E-state index contributed by atoms with van der Waals surface area (Å²) >= 11 is 5.96. The fourth-order valence-electron chi connectivity index (χ4n) is 2.19. The summed E-state index contributed by atoms with van der Waals surface area (Å²) < 4.78 is 0. The van der Waals surface area contributed by atoms with Crippen molar-refractivity contribution in [2.24, 2.45) is 0 Å². The summed E-state index contributed by atoms with van der Waals surface area (Å²) in [6.07, 6.45) is 0. The van der Waals surface area contributed by atoms with Crippen molar-refractivity contribution in [3.63, 3.8) is 0 Å². The topological polar surface area (TPSA) is 37.3 Å². The minimum atomic E-state index is -0.960. The molecular weight excluding hydrogens is 248 g/mol. The Labute approximate surface area is 108 Å². The van der Waals surface area contributed by atoms with Crippen LogP contribution in [0.15, 0.2) is 48.5 Å². The Balaban J connectivity index is 2.49. The molecule has 0 aliphatic carbocycles. The number of halogens is 1. The van der Waals surface area contributed by atoms with Crippen molar-refractivity contribution in [2.75, 3.05) is 0 Å². The number of carboxylic acids is 1. The first-order chi connectivity index (χ1) is 8.65. The third kappa shape index (κ3) is 1.71. The minimum absolute atomic E-state index is 0.239. The van der Waals surface area contributed by atoms with E-state index in [0.29, 0.717) is 10.4 Å². The molecule has 3 rings (SSSR count). The molecule has 0 radical (unpaired) electrons. The maximum absolute atomic E-state index is 11.2. The van der Waals surface area contributed by atoms with Crippen LogP contribution in [0.4, 0.5) is 0 Å². The molecule has 0 fully saturated rings.